The number of hydrogen-bond acceptors (Lipinski definition) is 3. The summed E-state index contributed by atoms with van der Waals surface area (Å²) in [4.78, 5) is 0. The molecule has 0 aliphatic heterocycles. The SMILES string of the molecule is COc1ccc(NC[C@@H](N)c2ccccc2)cc1.Cl.Cl. The van der Waals surface area contributed by atoms with E-state index in [9.17, 15) is 0 Å². The van der Waals surface area contributed by atoms with Gasteiger partial charge in [-0.2, -0.15) is 0 Å². The fourth-order valence-corrected chi connectivity index (χ4v) is 1.75. The van der Waals surface area contributed by atoms with Gasteiger partial charge in [-0.1, -0.05) is 30.3 Å². The molecule has 1 atom stereocenters. The molecule has 3 N–H and O–H groups in total. The van der Waals surface area contributed by atoms with Gasteiger partial charge >= 0.3 is 0 Å². The Kier molecular flexibility index (Phi) is 8.81. The number of halogens is 2. The van der Waals surface area contributed by atoms with E-state index in [1.165, 1.54) is 0 Å². The van der Waals surface area contributed by atoms with Crippen molar-refractivity contribution < 1.29 is 4.74 Å². The van der Waals surface area contributed by atoms with Crippen LogP contribution in [0.25, 0.3) is 0 Å². The number of hydrogen-bond donors (Lipinski definition) is 2. The molecular weight excluding hydrogens is 295 g/mol. The predicted octanol–water partition coefficient (Wildman–Crippen LogP) is 3.65. The van der Waals surface area contributed by atoms with Crippen molar-refractivity contribution >= 4 is 30.5 Å². The number of anilines is 1. The van der Waals surface area contributed by atoms with Gasteiger partial charge in [-0.05, 0) is 29.8 Å². The van der Waals surface area contributed by atoms with Crippen molar-refractivity contribution in [1.29, 1.82) is 0 Å². The number of methoxy groups -OCH3 is 1. The van der Waals surface area contributed by atoms with Crippen molar-refractivity contribution in [1.82, 2.24) is 0 Å². The Morgan fingerprint density at radius 3 is 2.15 bits per heavy atom. The highest BCUT2D eigenvalue weighted by molar-refractivity contribution is 5.85. The van der Waals surface area contributed by atoms with Crippen LogP contribution in [-0.4, -0.2) is 13.7 Å². The molecule has 0 heterocycles. The molecule has 2 aromatic carbocycles. The van der Waals surface area contributed by atoms with Gasteiger partial charge in [0.2, 0.25) is 0 Å². The lowest BCUT2D eigenvalue weighted by molar-refractivity contribution is 0.415. The molecule has 0 unspecified atom stereocenters. The second-order valence-corrected chi connectivity index (χ2v) is 4.13. The summed E-state index contributed by atoms with van der Waals surface area (Å²) in [5, 5.41) is 3.31. The normalized spacial score (nSPS) is 10.7. The molecule has 0 aliphatic rings. The van der Waals surface area contributed by atoms with Crippen LogP contribution in [0.2, 0.25) is 0 Å². The quantitative estimate of drug-likeness (QED) is 0.885. The Balaban J connectivity index is 0.00000180. The molecule has 0 radical (unpaired) electrons. The molecule has 3 nitrogen and oxygen atoms in total. The van der Waals surface area contributed by atoms with Crippen LogP contribution in [0.15, 0.2) is 54.6 Å². The van der Waals surface area contributed by atoms with Gasteiger partial charge in [0.25, 0.3) is 0 Å². The molecule has 0 aliphatic carbocycles. The van der Waals surface area contributed by atoms with Crippen LogP contribution in [-0.2, 0) is 0 Å². The standard InChI is InChI=1S/C15H18N2O.2ClH/c1-18-14-9-7-13(8-10-14)17-11-15(16)12-5-3-2-4-6-12;;/h2-10,15,17H,11,16H2,1H3;2*1H/t15-;;/m1../s1. The van der Waals surface area contributed by atoms with E-state index in [1.807, 2.05) is 54.6 Å². The lowest BCUT2D eigenvalue weighted by atomic mass is 10.1. The summed E-state index contributed by atoms with van der Waals surface area (Å²) in [5.41, 5.74) is 8.29. The van der Waals surface area contributed by atoms with Crippen molar-refractivity contribution in [3.05, 3.63) is 60.2 Å². The van der Waals surface area contributed by atoms with Crippen LogP contribution in [0, 0.1) is 0 Å². The molecule has 5 heteroatoms. The van der Waals surface area contributed by atoms with Crippen molar-refractivity contribution in [2.75, 3.05) is 19.0 Å². The number of benzene rings is 2. The van der Waals surface area contributed by atoms with Crippen LogP contribution >= 0.6 is 24.8 Å². The second-order valence-electron chi connectivity index (χ2n) is 4.13. The number of nitrogens with one attached hydrogen (secondary N) is 1. The zero-order chi connectivity index (χ0) is 12.8. The van der Waals surface area contributed by atoms with E-state index in [4.69, 9.17) is 10.5 Å². The fraction of sp³-hybridized carbons (Fsp3) is 0.200. The van der Waals surface area contributed by atoms with E-state index in [1.54, 1.807) is 7.11 Å². The Hall–Kier alpha value is -1.42. The molecule has 0 amide bonds. The van der Waals surface area contributed by atoms with Crippen LogP contribution < -0.4 is 15.8 Å². The average molecular weight is 315 g/mol. The summed E-state index contributed by atoms with van der Waals surface area (Å²) < 4.78 is 5.11. The van der Waals surface area contributed by atoms with E-state index >= 15 is 0 Å². The topological polar surface area (TPSA) is 47.3 Å². The smallest absolute Gasteiger partial charge is 0.119 e. The maximum atomic E-state index is 6.11. The summed E-state index contributed by atoms with van der Waals surface area (Å²) in [6, 6.07) is 17.9. The molecule has 0 aromatic heterocycles. The molecule has 0 saturated heterocycles. The third kappa shape index (κ3) is 5.29. The first kappa shape index (κ1) is 18.6. The van der Waals surface area contributed by atoms with Crippen molar-refractivity contribution in [2.45, 2.75) is 6.04 Å². The number of nitrogens with two attached hydrogens (primary N) is 1. The predicted molar refractivity (Wildman–Crippen MR) is 89.4 cm³/mol. The Morgan fingerprint density at radius 2 is 1.60 bits per heavy atom. The molecule has 2 rings (SSSR count). The highest BCUT2D eigenvalue weighted by Gasteiger charge is 2.04. The van der Waals surface area contributed by atoms with Gasteiger partial charge in [-0.25, -0.2) is 0 Å². The lowest BCUT2D eigenvalue weighted by Crippen LogP contribution is -2.20. The Bertz CT molecular complexity index is 477. The van der Waals surface area contributed by atoms with E-state index in [-0.39, 0.29) is 30.9 Å². The number of rotatable bonds is 5. The average Bonchev–Trinajstić information content (AvgIpc) is 2.46. The molecule has 0 saturated carbocycles. The maximum absolute atomic E-state index is 6.11. The second kappa shape index (κ2) is 9.48. The third-order valence-corrected chi connectivity index (χ3v) is 2.84. The minimum atomic E-state index is -0.00620. The van der Waals surface area contributed by atoms with Gasteiger partial charge in [0, 0.05) is 18.3 Å². The van der Waals surface area contributed by atoms with Gasteiger partial charge in [0.05, 0.1) is 7.11 Å². The Morgan fingerprint density at radius 1 is 1.00 bits per heavy atom. The molecule has 0 fully saturated rings. The molecular formula is C15H20Cl2N2O. The number of ether oxygens (including phenoxy) is 1. The molecule has 0 spiro atoms. The summed E-state index contributed by atoms with van der Waals surface area (Å²) in [6.07, 6.45) is 0. The van der Waals surface area contributed by atoms with Gasteiger partial charge < -0.3 is 15.8 Å². The lowest BCUT2D eigenvalue weighted by Gasteiger charge is -2.14. The van der Waals surface area contributed by atoms with Crippen LogP contribution in [0.4, 0.5) is 5.69 Å². The maximum Gasteiger partial charge on any atom is 0.119 e. The van der Waals surface area contributed by atoms with Crippen LogP contribution in [0.5, 0.6) is 5.75 Å². The van der Waals surface area contributed by atoms with Crippen LogP contribution in [0.3, 0.4) is 0 Å². The summed E-state index contributed by atoms with van der Waals surface area (Å²) in [7, 11) is 1.66. The zero-order valence-corrected chi connectivity index (χ0v) is 12.9. The fourth-order valence-electron chi connectivity index (χ4n) is 1.75. The van der Waals surface area contributed by atoms with Gasteiger partial charge in [-0.15, -0.1) is 24.8 Å². The minimum Gasteiger partial charge on any atom is -0.497 e. The van der Waals surface area contributed by atoms with Gasteiger partial charge in [0.15, 0.2) is 0 Å². The Labute approximate surface area is 132 Å². The summed E-state index contributed by atoms with van der Waals surface area (Å²) in [5.74, 6) is 0.855. The largest absolute Gasteiger partial charge is 0.497 e. The third-order valence-electron chi connectivity index (χ3n) is 2.84. The van der Waals surface area contributed by atoms with Crippen molar-refractivity contribution in [3.63, 3.8) is 0 Å². The summed E-state index contributed by atoms with van der Waals surface area (Å²) in [6.45, 7) is 0.705. The first-order valence-corrected chi connectivity index (χ1v) is 5.98. The van der Waals surface area contributed by atoms with Crippen molar-refractivity contribution in [2.24, 2.45) is 5.73 Å². The van der Waals surface area contributed by atoms with Crippen LogP contribution in [0.1, 0.15) is 11.6 Å². The highest BCUT2D eigenvalue weighted by Crippen LogP contribution is 2.16. The molecule has 0 bridgehead atoms. The van der Waals surface area contributed by atoms with E-state index < -0.39 is 0 Å². The van der Waals surface area contributed by atoms with E-state index in [0.29, 0.717) is 6.54 Å². The summed E-state index contributed by atoms with van der Waals surface area (Å²) >= 11 is 0. The highest BCUT2D eigenvalue weighted by atomic mass is 35.5. The molecule has 2 aromatic rings. The molecule has 110 valence electrons. The van der Waals surface area contributed by atoms with E-state index in [0.717, 1.165) is 17.0 Å². The first-order chi connectivity index (χ1) is 8.79. The zero-order valence-electron chi connectivity index (χ0n) is 11.3. The van der Waals surface area contributed by atoms with E-state index in [2.05, 4.69) is 5.32 Å². The molecule has 20 heavy (non-hydrogen) atoms. The minimum absolute atomic E-state index is 0. The van der Waals surface area contributed by atoms with Gasteiger partial charge in [0.1, 0.15) is 5.75 Å². The van der Waals surface area contributed by atoms with Gasteiger partial charge in [-0.3, -0.25) is 0 Å². The monoisotopic (exact) mass is 314 g/mol. The van der Waals surface area contributed by atoms with Crippen molar-refractivity contribution in [3.8, 4) is 5.75 Å². The first-order valence-electron chi connectivity index (χ1n) is 5.98.